The molecule has 0 atom stereocenters. The van der Waals surface area contributed by atoms with Crippen LogP contribution in [0, 0.1) is 22.2 Å². The van der Waals surface area contributed by atoms with Crippen LogP contribution in [0.15, 0.2) is 29.2 Å². The number of rotatable bonds is 3. The Balaban J connectivity index is 2.32. The van der Waals surface area contributed by atoms with E-state index >= 15 is 0 Å². The van der Waals surface area contributed by atoms with E-state index in [1.807, 2.05) is 33.8 Å². The number of nitrogens with zero attached hydrogens (tertiary/aromatic N) is 1. The highest BCUT2D eigenvalue weighted by Gasteiger charge is 2.61. The summed E-state index contributed by atoms with van der Waals surface area (Å²) < 4.78 is 27.8. The summed E-state index contributed by atoms with van der Waals surface area (Å²) in [5, 5.41) is 8.89. The van der Waals surface area contributed by atoms with Crippen molar-refractivity contribution in [3.63, 3.8) is 0 Å². The maximum atomic E-state index is 12.5. The Hall–Kier alpha value is -1.42. The molecule has 0 aliphatic heterocycles. The second-order valence-corrected chi connectivity index (χ2v) is 8.53. The van der Waals surface area contributed by atoms with Crippen molar-refractivity contribution in [1.29, 1.82) is 5.26 Å². The van der Waals surface area contributed by atoms with Gasteiger partial charge in [0.25, 0.3) is 0 Å². The first kappa shape index (κ1) is 16.0. The van der Waals surface area contributed by atoms with E-state index in [-0.39, 0.29) is 27.8 Å². The maximum Gasteiger partial charge on any atom is 0.240 e. The lowest BCUT2D eigenvalue weighted by Crippen LogP contribution is -2.75. The van der Waals surface area contributed by atoms with E-state index in [4.69, 9.17) is 11.0 Å². The molecule has 0 spiro atoms. The lowest BCUT2D eigenvalue weighted by atomic mass is 9.49. The van der Waals surface area contributed by atoms with Gasteiger partial charge in [0, 0.05) is 12.1 Å². The van der Waals surface area contributed by atoms with Crippen molar-refractivity contribution in [1.82, 2.24) is 4.72 Å². The van der Waals surface area contributed by atoms with Gasteiger partial charge >= 0.3 is 0 Å². The summed E-state index contributed by atoms with van der Waals surface area (Å²) in [6.45, 7) is 7.84. The Morgan fingerprint density at radius 2 is 1.81 bits per heavy atom. The molecule has 2 rings (SSSR count). The second-order valence-electron chi connectivity index (χ2n) is 6.81. The normalized spacial score (nSPS) is 26.7. The van der Waals surface area contributed by atoms with Crippen molar-refractivity contribution in [3.05, 3.63) is 29.8 Å². The molecule has 1 aliphatic rings. The Morgan fingerprint density at radius 3 is 2.33 bits per heavy atom. The van der Waals surface area contributed by atoms with Gasteiger partial charge in [-0.1, -0.05) is 33.8 Å². The van der Waals surface area contributed by atoms with Gasteiger partial charge in [0.2, 0.25) is 10.0 Å². The van der Waals surface area contributed by atoms with Gasteiger partial charge in [0.1, 0.15) is 0 Å². The highest BCUT2D eigenvalue weighted by Crippen LogP contribution is 2.52. The molecule has 21 heavy (non-hydrogen) atoms. The molecule has 1 aromatic rings. The maximum absolute atomic E-state index is 12.5. The molecule has 0 heterocycles. The van der Waals surface area contributed by atoms with Crippen LogP contribution in [0.5, 0.6) is 0 Å². The first-order chi connectivity index (χ1) is 9.53. The van der Waals surface area contributed by atoms with Crippen LogP contribution in [0.4, 0.5) is 0 Å². The minimum absolute atomic E-state index is 0.0804. The van der Waals surface area contributed by atoms with E-state index in [0.29, 0.717) is 5.56 Å². The quantitative estimate of drug-likeness (QED) is 0.886. The molecular weight excluding hydrogens is 286 g/mol. The van der Waals surface area contributed by atoms with Gasteiger partial charge in [-0.25, -0.2) is 13.1 Å². The number of hydrogen-bond donors (Lipinski definition) is 2. The lowest BCUT2D eigenvalue weighted by Gasteiger charge is -2.62. The molecule has 1 aliphatic carbocycles. The predicted molar refractivity (Wildman–Crippen MR) is 80.8 cm³/mol. The van der Waals surface area contributed by atoms with Crippen LogP contribution in [0.25, 0.3) is 0 Å². The first-order valence-corrected chi connectivity index (χ1v) is 8.30. The Labute approximate surface area is 126 Å². The molecule has 0 unspecified atom stereocenters. The summed E-state index contributed by atoms with van der Waals surface area (Å²) in [7, 11) is -3.68. The van der Waals surface area contributed by atoms with Crippen LogP contribution >= 0.6 is 0 Å². The number of benzene rings is 1. The Kier molecular flexibility index (Phi) is 3.65. The van der Waals surface area contributed by atoms with E-state index in [9.17, 15) is 8.42 Å². The average molecular weight is 307 g/mol. The molecular formula is C15H21N3O2S. The zero-order chi connectivity index (χ0) is 16.1. The number of nitriles is 1. The van der Waals surface area contributed by atoms with E-state index in [1.54, 1.807) is 12.1 Å². The van der Waals surface area contributed by atoms with E-state index in [2.05, 4.69) is 4.72 Å². The third kappa shape index (κ3) is 2.46. The van der Waals surface area contributed by atoms with E-state index in [0.717, 1.165) is 0 Å². The summed E-state index contributed by atoms with van der Waals surface area (Å²) in [5.41, 5.74) is 5.84. The van der Waals surface area contributed by atoms with Crippen molar-refractivity contribution >= 4 is 10.0 Å². The molecule has 0 bridgehead atoms. The Bertz CT molecular complexity index is 686. The molecule has 1 aromatic carbocycles. The number of nitrogens with one attached hydrogen (secondary N) is 1. The fourth-order valence-corrected chi connectivity index (χ4v) is 5.03. The van der Waals surface area contributed by atoms with Crippen LogP contribution < -0.4 is 10.5 Å². The molecule has 3 N–H and O–H groups in total. The lowest BCUT2D eigenvalue weighted by molar-refractivity contribution is -0.0593. The molecule has 5 nitrogen and oxygen atoms in total. The monoisotopic (exact) mass is 307 g/mol. The fourth-order valence-electron chi connectivity index (χ4n) is 3.44. The molecule has 0 saturated heterocycles. The number of nitrogens with two attached hydrogens (primary N) is 1. The van der Waals surface area contributed by atoms with Crippen LogP contribution in [-0.2, 0) is 10.0 Å². The molecule has 1 saturated carbocycles. The zero-order valence-corrected chi connectivity index (χ0v) is 13.5. The first-order valence-electron chi connectivity index (χ1n) is 6.81. The van der Waals surface area contributed by atoms with E-state index < -0.39 is 10.0 Å². The second kappa shape index (κ2) is 4.80. The number of sulfonamides is 1. The van der Waals surface area contributed by atoms with Gasteiger partial charge < -0.3 is 5.73 Å². The van der Waals surface area contributed by atoms with Crippen LogP contribution in [0.1, 0.15) is 33.3 Å². The highest BCUT2D eigenvalue weighted by atomic mass is 32.2. The van der Waals surface area contributed by atoms with Crippen LogP contribution in [0.2, 0.25) is 0 Å². The Morgan fingerprint density at radius 1 is 1.24 bits per heavy atom. The minimum Gasteiger partial charge on any atom is -0.327 e. The fraction of sp³-hybridized carbons (Fsp3) is 0.533. The molecule has 6 heteroatoms. The summed E-state index contributed by atoms with van der Waals surface area (Å²) >= 11 is 0. The molecule has 114 valence electrons. The molecule has 0 radical (unpaired) electrons. The van der Waals surface area contributed by atoms with Crippen molar-refractivity contribution in [2.24, 2.45) is 16.6 Å². The van der Waals surface area contributed by atoms with Crippen LogP contribution in [0.3, 0.4) is 0 Å². The van der Waals surface area contributed by atoms with Gasteiger partial charge in [-0.05, 0) is 29.0 Å². The molecule has 0 aromatic heterocycles. The van der Waals surface area contributed by atoms with Crippen molar-refractivity contribution < 1.29 is 8.42 Å². The van der Waals surface area contributed by atoms with Gasteiger partial charge in [-0.2, -0.15) is 5.26 Å². The summed E-state index contributed by atoms with van der Waals surface area (Å²) in [6, 6.07) is 7.62. The predicted octanol–water partition coefficient (Wildman–Crippen LogP) is 1.60. The molecule has 1 fully saturated rings. The van der Waals surface area contributed by atoms with Crippen molar-refractivity contribution in [3.8, 4) is 6.07 Å². The summed E-state index contributed by atoms with van der Waals surface area (Å²) in [6.07, 6.45) is 0. The van der Waals surface area contributed by atoms with Crippen LogP contribution in [-0.4, -0.2) is 20.5 Å². The summed E-state index contributed by atoms with van der Waals surface area (Å²) in [4.78, 5) is 0.105. The van der Waals surface area contributed by atoms with E-state index in [1.165, 1.54) is 12.1 Å². The number of hydrogen-bond acceptors (Lipinski definition) is 4. The highest BCUT2D eigenvalue weighted by molar-refractivity contribution is 7.89. The van der Waals surface area contributed by atoms with Gasteiger partial charge in [-0.15, -0.1) is 0 Å². The van der Waals surface area contributed by atoms with Gasteiger partial charge in [0.15, 0.2) is 0 Å². The minimum atomic E-state index is -3.68. The average Bonchev–Trinajstić information content (AvgIpc) is 2.43. The molecule has 0 amide bonds. The van der Waals surface area contributed by atoms with Gasteiger partial charge in [-0.3, -0.25) is 0 Å². The summed E-state index contributed by atoms with van der Waals surface area (Å²) in [5.74, 6) is 0. The van der Waals surface area contributed by atoms with Crippen molar-refractivity contribution in [2.45, 2.75) is 44.7 Å². The largest absolute Gasteiger partial charge is 0.327 e. The third-order valence-corrected chi connectivity index (χ3v) is 6.06. The zero-order valence-electron chi connectivity index (χ0n) is 12.7. The SMILES string of the molecule is CC1(C)C(N)C(C)(C)C1NS(=O)(=O)c1cccc(C#N)c1. The topological polar surface area (TPSA) is 96.0 Å². The van der Waals surface area contributed by atoms with Crippen molar-refractivity contribution in [2.75, 3.05) is 0 Å². The standard InChI is InChI=1S/C15H21N3O2S/c1-14(2)12(17)15(3,4)13(14)18-21(19,20)11-7-5-6-10(8-11)9-16/h5-8,12-13,18H,17H2,1-4H3. The van der Waals surface area contributed by atoms with Gasteiger partial charge in [0.05, 0.1) is 16.5 Å². The smallest absolute Gasteiger partial charge is 0.240 e. The third-order valence-electron chi connectivity index (χ3n) is 4.64.